The lowest BCUT2D eigenvalue weighted by atomic mass is 10.4. The molecule has 0 amide bonds. The number of hydrogen-bond donors (Lipinski definition) is 1. The van der Waals surface area contributed by atoms with Crippen molar-refractivity contribution in [2.45, 2.75) is 0 Å². The van der Waals surface area contributed by atoms with Gasteiger partial charge in [-0.1, -0.05) is 6.08 Å². The SMILES string of the molecule is C=CCN(CCNC)CCOC. The molecule has 0 radical (unpaired) electrons. The van der Waals surface area contributed by atoms with E-state index < -0.39 is 0 Å². The quantitative estimate of drug-likeness (QED) is 0.534. The Bertz CT molecular complexity index is 98.7. The van der Waals surface area contributed by atoms with Gasteiger partial charge in [-0.25, -0.2) is 0 Å². The van der Waals surface area contributed by atoms with Crippen molar-refractivity contribution in [1.29, 1.82) is 0 Å². The van der Waals surface area contributed by atoms with Crippen molar-refractivity contribution in [2.24, 2.45) is 0 Å². The maximum Gasteiger partial charge on any atom is 0.0589 e. The van der Waals surface area contributed by atoms with Crippen molar-refractivity contribution >= 4 is 0 Å². The molecule has 0 saturated carbocycles. The second-order valence-electron chi connectivity index (χ2n) is 2.69. The fourth-order valence-corrected chi connectivity index (χ4v) is 0.967. The molecule has 0 aromatic rings. The van der Waals surface area contributed by atoms with Crippen molar-refractivity contribution in [3.05, 3.63) is 12.7 Å². The summed E-state index contributed by atoms with van der Waals surface area (Å²) in [6.07, 6.45) is 1.92. The highest BCUT2D eigenvalue weighted by atomic mass is 16.5. The minimum atomic E-state index is 0.789. The van der Waals surface area contributed by atoms with E-state index in [-0.39, 0.29) is 0 Å². The molecule has 0 spiro atoms. The van der Waals surface area contributed by atoms with Crippen LogP contribution in [0.1, 0.15) is 0 Å². The molecule has 0 aliphatic heterocycles. The number of nitrogens with zero attached hydrogens (tertiary/aromatic N) is 1. The lowest BCUT2D eigenvalue weighted by Crippen LogP contribution is -2.33. The van der Waals surface area contributed by atoms with Gasteiger partial charge < -0.3 is 10.1 Å². The Morgan fingerprint density at radius 1 is 1.50 bits per heavy atom. The third-order valence-electron chi connectivity index (χ3n) is 1.68. The van der Waals surface area contributed by atoms with Crippen LogP contribution in [-0.4, -0.2) is 51.8 Å². The maximum atomic E-state index is 5.00. The molecule has 0 atom stereocenters. The Morgan fingerprint density at radius 2 is 2.25 bits per heavy atom. The summed E-state index contributed by atoms with van der Waals surface area (Å²) in [5.74, 6) is 0. The van der Waals surface area contributed by atoms with Gasteiger partial charge in [0.25, 0.3) is 0 Å². The summed E-state index contributed by atoms with van der Waals surface area (Å²) in [4.78, 5) is 2.30. The van der Waals surface area contributed by atoms with E-state index in [4.69, 9.17) is 4.74 Å². The van der Waals surface area contributed by atoms with E-state index in [0.29, 0.717) is 0 Å². The van der Waals surface area contributed by atoms with Crippen molar-refractivity contribution in [3.63, 3.8) is 0 Å². The van der Waals surface area contributed by atoms with Crippen LogP contribution in [-0.2, 0) is 4.74 Å². The van der Waals surface area contributed by atoms with Crippen molar-refractivity contribution < 1.29 is 4.74 Å². The topological polar surface area (TPSA) is 24.5 Å². The maximum absolute atomic E-state index is 5.00. The van der Waals surface area contributed by atoms with Crippen molar-refractivity contribution in [3.8, 4) is 0 Å². The zero-order valence-electron chi connectivity index (χ0n) is 8.18. The molecule has 3 nitrogen and oxygen atoms in total. The van der Waals surface area contributed by atoms with E-state index in [1.165, 1.54) is 0 Å². The first-order valence-corrected chi connectivity index (χ1v) is 4.32. The van der Waals surface area contributed by atoms with Gasteiger partial charge in [-0.3, -0.25) is 4.90 Å². The number of likely N-dealkylation sites (N-methyl/N-ethyl adjacent to an activating group) is 1. The Balaban J connectivity index is 3.46. The number of hydrogen-bond acceptors (Lipinski definition) is 3. The Morgan fingerprint density at radius 3 is 2.75 bits per heavy atom. The van der Waals surface area contributed by atoms with E-state index in [9.17, 15) is 0 Å². The third kappa shape index (κ3) is 6.34. The summed E-state index contributed by atoms with van der Waals surface area (Å²) in [5.41, 5.74) is 0. The van der Waals surface area contributed by atoms with Gasteiger partial charge in [0.05, 0.1) is 6.61 Å². The van der Waals surface area contributed by atoms with Crippen LogP contribution < -0.4 is 5.32 Å². The molecule has 0 rings (SSSR count). The molecule has 0 aromatic carbocycles. The van der Waals surface area contributed by atoms with Gasteiger partial charge in [-0.15, -0.1) is 6.58 Å². The summed E-state index contributed by atoms with van der Waals surface area (Å²) in [5, 5.41) is 3.12. The molecule has 0 fully saturated rings. The van der Waals surface area contributed by atoms with Gasteiger partial charge in [0.1, 0.15) is 0 Å². The van der Waals surface area contributed by atoms with Crippen LogP contribution in [0, 0.1) is 0 Å². The molecule has 3 heteroatoms. The van der Waals surface area contributed by atoms with Gasteiger partial charge >= 0.3 is 0 Å². The predicted molar refractivity (Wildman–Crippen MR) is 52.4 cm³/mol. The zero-order chi connectivity index (χ0) is 9.23. The minimum Gasteiger partial charge on any atom is -0.383 e. The van der Waals surface area contributed by atoms with Crippen LogP contribution >= 0.6 is 0 Å². The van der Waals surface area contributed by atoms with Crippen LogP contribution in [0.2, 0.25) is 0 Å². The number of ether oxygens (including phenoxy) is 1. The molecule has 0 unspecified atom stereocenters. The van der Waals surface area contributed by atoms with Crippen molar-refractivity contribution in [1.82, 2.24) is 10.2 Å². The van der Waals surface area contributed by atoms with Crippen LogP contribution in [0.5, 0.6) is 0 Å². The number of methoxy groups -OCH3 is 1. The van der Waals surface area contributed by atoms with Crippen molar-refractivity contribution in [2.75, 3.05) is 46.9 Å². The first-order valence-electron chi connectivity index (χ1n) is 4.32. The van der Waals surface area contributed by atoms with E-state index >= 15 is 0 Å². The first-order chi connectivity index (χ1) is 5.85. The molecule has 0 aliphatic carbocycles. The van der Waals surface area contributed by atoms with Gasteiger partial charge in [-0.2, -0.15) is 0 Å². The lowest BCUT2D eigenvalue weighted by Gasteiger charge is -2.19. The number of rotatable bonds is 8. The van der Waals surface area contributed by atoms with E-state index in [2.05, 4.69) is 16.8 Å². The predicted octanol–water partition coefficient (Wildman–Crippen LogP) is 0.340. The van der Waals surface area contributed by atoms with E-state index in [1.54, 1.807) is 7.11 Å². The molecule has 72 valence electrons. The van der Waals surface area contributed by atoms with Gasteiger partial charge in [0, 0.05) is 33.3 Å². The smallest absolute Gasteiger partial charge is 0.0589 e. The molecular formula is C9H20N2O. The third-order valence-corrected chi connectivity index (χ3v) is 1.68. The molecule has 12 heavy (non-hydrogen) atoms. The highest BCUT2D eigenvalue weighted by Gasteiger charge is 1.99. The monoisotopic (exact) mass is 172 g/mol. The fourth-order valence-electron chi connectivity index (χ4n) is 0.967. The molecule has 0 aliphatic rings. The first kappa shape index (κ1) is 11.6. The lowest BCUT2D eigenvalue weighted by molar-refractivity contribution is 0.155. The summed E-state index contributed by atoms with van der Waals surface area (Å²) >= 11 is 0. The molecule has 0 heterocycles. The Labute approximate surface area is 75.4 Å². The van der Waals surface area contributed by atoms with Gasteiger partial charge in [-0.05, 0) is 7.05 Å². The fraction of sp³-hybridized carbons (Fsp3) is 0.778. The standard InChI is InChI=1S/C9H20N2O/c1-4-6-11(7-5-10-2)8-9-12-3/h4,10H,1,5-9H2,2-3H3. The summed E-state index contributed by atoms with van der Waals surface area (Å²) in [7, 11) is 3.69. The second kappa shape index (κ2) is 8.71. The summed E-state index contributed by atoms with van der Waals surface area (Å²) < 4.78 is 5.00. The highest BCUT2D eigenvalue weighted by molar-refractivity contribution is 4.73. The Hall–Kier alpha value is -0.380. The van der Waals surface area contributed by atoms with Crippen LogP contribution in [0.15, 0.2) is 12.7 Å². The average molecular weight is 172 g/mol. The van der Waals surface area contributed by atoms with Gasteiger partial charge in [0.2, 0.25) is 0 Å². The molecular weight excluding hydrogens is 152 g/mol. The van der Waals surface area contributed by atoms with Gasteiger partial charge in [0.15, 0.2) is 0 Å². The molecule has 0 saturated heterocycles. The summed E-state index contributed by atoms with van der Waals surface area (Å²) in [6.45, 7) is 8.47. The molecule has 0 aromatic heterocycles. The van der Waals surface area contributed by atoms with E-state index in [1.807, 2.05) is 13.1 Å². The van der Waals surface area contributed by atoms with Crippen LogP contribution in [0.25, 0.3) is 0 Å². The average Bonchev–Trinajstić information content (AvgIpc) is 2.10. The van der Waals surface area contributed by atoms with E-state index in [0.717, 1.165) is 32.8 Å². The minimum absolute atomic E-state index is 0.789. The van der Waals surface area contributed by atoms with Crippen LogP contribution in [0.3, 0.4) is 0 Å². The molecule has 1 N–H and O–H groups in total. The highest BCUT2D eigenvalue weighted by Crippen LogP contribution is 1.87. The van der Waals surface area contributed by atoms with Crippen LogP contribution in [0.4, 0.5) is 0 Å². The molecule has 0 bridgehead atoms. The summed E-state index contributed by atoms with van der Waals surface area (Å²) in [6, 6.07) is 0. The zero-order valence-corrected chi connectivity index (χ0v) is 8.18. The number of nitrogens with one attached hydrogen (secondary N) is 1. The normalized spacial score (nSPS) is 10.6. The Kier molecular flexibility index (Phi) is 8.44. The largest absolute Gasteiger partial charge is 0.383 e. The second-order valence-corrected chi connectivity index (χ2v) is 2.69.